The van der Waals surface area contributed by atoms with Crippen LogP contribution in [0.1, 0.15) is 51.4 Å². The molecule has 0 amide bonds. The van der Waals surface area contributed by atoms with Gasteiger partial charge < -0.3 is 10.2 Å². The Bertz CT molecular complexity index is 230. The molecule has 4 heteroatoms. The lowest BCUT2D eigenvalue weighted by Crippen LogP contribution is -2.43. The Labute approximate surface area is 97.6 Å². The van der Waals surface area contributed by atoms with E-state index in [4.69, 9.17) is 15.6 Å². The van der Waals surface area contributed by atoms with Gasteiger partial charge in [0.05, 0.1) is 6.04 Å². The fraction of sp³-hybridized carbons (Fsp3) is 0.917. The predicted octanol–water partition coefficient (Wildman–Crippen LogP) is 1.75. The summed E-state index contributed by atoms with van der Waals surface area (Å²) in [6.45, 7) is 0.843. The van der Waals surface area contributed by atoms with Crippen LogP contribution in [-0.2, 0) is 4.74 Å². The molecule has 1 unspecified atom stereocenters. The lowest BCUT2D eigenvalue weighted by atomic mass is 9.96. The summed E-state index contributed by atoms with van der Waals surface area (Å²) in [6, 6.07) is 0.463. The van der Waals surface area contributed by atoms with E-state index in [2.05, 4.69) is 5.43 Å². The van der Waals surface area contributed by atoms with E-state index in [1.165, 1.54) is 38.5 Å². The summed E-state index contributed by atoms with van der Waals surface area (Å²) in [5, 5.41) is 0. The zero-order valence-electron chi connectivity index (χ0n) is 9.95. The number of nitrogens with two attached hydrogens (primary N) is 1. The number of hydrogen-bond donors (Lipinski definition) is 2. The van der Waals surface area contributed by atoms with Gasteiger partial charge in [-0.2, -0.15) is 0 Å². The van der Waals surface area contributed by atoms with Crippen LogP contribution in [0.4, 0.5) is 0 Å². The van der Waals surface area contributed by atoms with Crippen molar-refractivity contribution in [1.29, 1.82) is 0 Å². The topological polar surface area (TPSA) is 59.6 Å². The molecule has 0 radical (unpaired) electrons. The van der Waals surface area contributed by atoms with E-state index in [0.717, 1.165) is 25.3 Å². The number of nitrogens with one attached hydrogen (secondary N) is 1. The zero-order chi connectivity index (χ0) is 11.2. The van der Waals surface area contributed by atoms with E-state index in [1.807, 2.05) is 0 Å². The fourth-order valence-corrected chi connectivity index (χ4v) is 2.58. The molecule has 0 aromatic carbocycles. The molecule has 1 aliphatic heterocycles. The molecule has 1 atom stereocenters. The van der Waals surface area contributed by atoms with Gasteiger partial charge in [-0.3, -0.25) is 4.99 Å². The van der Waals surface area contributed by atoms with Gasteiger partial charge in [-0.25, -0.2) is 5.84 Å². The fourth-order valence-electron chi connectivity index (χ4n) is 2.58. The van der Waals surface area contributed by atoms with Crippen LogP contribution >= 0.6 is 0 Å². The first-order valence-electron chi connectivity index (χ1n) is 6.56. The monoisotopic (exact) mass is 225 g/mol. The minimum absolute atomic E-state index is 0.112. The average molecular weight is 225 g/mol. The predicted molar refractivity (Wildman–Crippen MR) is 65.2 cm³/mol. The van der Waals surface area contributed by atoms with Crippen molar-refractivity contribution in [3.63, 3.8) is 0 Å². The van der Waals surface area contributed by atoms with Crippen LogP contribution in [0.25, 0.3) is 0 Å². The molecule has 1 saturated heterocycles. The minimum atomic E-state index is 0.112. The number of rotatable bonds is 2. The standard InChI is InChI=1S/C12H23N3O/c13-15-12(11-8-4-5-9-16-11)14-10-6-2-1-3-7-10/h10-11H,1-9,13H2,(H,14,15). The third kappa shape index (κ3) is 3.19. The van der Waals surface area contributed by atoms with Gasteiger partial charge in [0.2, 0.25) is 0 Å². The average Bonchev–Trinajstić information content (AvgIpc) is 2.38. The number of nitrogens with zero attached hydrogens (tertiary/aromatic N) is 1. The summed E-state index contributed by atoms with van der Waals surface area (Å²) in [6.07, 6.45) is 9.92. The van der Waals surface area contributed by atoms with Crippen LogP contribution in [0.2, 0.25) is 0 Å². The zero-order valence-corrected chi connectivity index (χ0v) is 9.95. The molecule has 92 valence electrons. The third-order valence-electron chi connectivity index (χ3n) is 3.53. The maximum atomic E-state index is 5.70. The molecule has 1 saturated carbocycles. The highest BCUT2D eigenvalue weighted by Crippen LogP contribution is 2.21. The van der Waals surface area contributed by atoms with Gasteiger partial charge in [0.25, 0.3) is 0 Å². The van der Waals surface area contributed by atoms with Crippen LogP contribution in [0, 0.1) is 0 Å². The molecule has 2 fully saturated rings. The molecule has 1 heterocycles. The summed E-state index contributed by atoms with van der Waals surface area (Å²) >= 11 is 0. The van der Waals surface area contributed by atoms with Gasteiger partial charge in [0.1, 0.15) is 11.9 Å². The Hall–Kier alpha value is -0.610. The third-order valence-corrected chi connectivity index (χ3v) is 3.53. The number of amidine groups is 1. The van der Waals surface area contributed by atoms with Gasteiger partial charge in [-0.15, -0.1) is 0 Å². The van der Waals surface area contributed by atoms with Crippen LogP contribution < -0.4 is 11.3 Å². The molecule has 2 rings (SSSR count). The first kappa shape index (κ1) is 11.9. The molecule has 0 aromatic heterocycles. The lowest BCUT2D eigenvalue weighted by molar-refractivity contribution is 0.0561. The van der Waals surface area contributed by atoms with Crippen molar-refractivity contribution in [1.82, 2.24) is 5.43 Å². The van der Waals surface area contributed by atoms with Gasteiger partial charge in [-0.05, 0) is 32.1 Å². The van der Waals surface area contributed by atoms with Gasteiger partial charge in [0, 0.05) is 6.61 Å². The molecule has 0 spiro atoms. The van der Waals surface area contributed by atoms with Crippen LogP contribution in [0.15, 0.2) is 4.99 Å². The summed E-state index contributed by atoms with van der Waals surface area (Å²) in [4.78, 5) is 4.73. The maximum absolute atomic E-state index is 5.70. The Balaban J connectivity index is 1.93. The van der Waals surface area contributed by atoms with E-state index >= 15 is 0 Å². The number of ether oxygens (including phenoxy) is 1. The SMILES string of the molecule is NNC(=NC1CCCCC1)C1CCCCO1. The molecule has 1 aliphatic carbocycles. The lowest BCUT2D eigenvalue weighted by Gasteiger charge is -2.26. The Kier molecular flexibility index (Phi) is 4.60. The van der Waals surface area contributed by atoms with Crippen molar-refractivity contribution in [2.45, 2.75) is 63.5 Å². The molecule has 0 bridgehead atoms. The first-order valence-corrected chi connectivity index (χ1v) is 6.56. The van der Waals surface area contributed by atoms with Crippen molar-refractivity contribution < 1.29 is 4.74 Å². The highest BCUT2D eigenvalue weighted by atomic mass is 16.5. The number of hydrogen-bond acceptors (Lipinski definition) is 3. The summed E-state index contributed by atoms with van der Waals surface area (Å²) in [5.74, 6) is 6.43. The van der Waals surface area contributed by atoms with Crippen molar-refractivity contribution in [2.24, 2.45) is 10.8 Å². The van der Waals surface area contributed by atoms with Crippen molar-refractivity contribution in [3.05, 3.63) is 0 Å². The Morgan fingerprint density at radius 3 is 2.44 bits per heavy atom. The van der Waals surface area contributed by atoms with E-state index in [9.17, 15) is 0 Å². The quantitative estimate of drug-likeness (QED) is 0.326. The highest BCUT2D eigenvalue weighted by Gasteiger charge is 2.21. The molecule has 2 aliphatic rings. The summed E-state index contributed by atoms with van der Waals surface area (Å²) in [7, 11) is 0. The minimum Gasteiger partial charge on any atom is -0.370 e. The first-order chi connectivity index (χ1) is 7.90. The maximum Gasteiger partial charge on any atom is 0.140 e. The summed E-state index contributed by atoms with van der Waals surface area (Å²) < 4.78 is 5.70. The Morgan fingerprint density at radius 1 is 1.06 bits per heavy atom. The van der Waals surface area contributed by atoms with Crippen molar-refractivity contribution in [3.8, 4) is 0 Å². The van der Waals surface area contributed by atoms with E-state index < -0.39 is 0 Å². The largest absolute Gasteiger partial charge is 0.370 e. The van der Waals surface area contributed by atoms with E-state index in [0.29, 0.717) is 6.04 Å². The molecule has 0 aromatic rings. The van der Waals surface area contributed by atoms with Gasteiger partial charge in [0.15, 0.2) is 0 Å². The molecule has 3 N–H and O–H groups in total. The molecule has 4 nitrogen and oxygen atoms in total. The second kappa shape index (κ2) is 6.21. The normalized spacial score (nSPS) is 29.1. The second-order valence-electron chi connectivity index (χ2n) is 4.81. The van der Waals surface area contributed by atoms with E-state index in [-0.39, 0.29) is 6.10 Å². The van der Waals surface area contributed by atoms with Crippen molar-refractivity contribution >= 4 is 5.84 Å². The van der Waals surface area contributed by atoms with Gasteiger partial charge >= 0.3 is 0 Å². The molecular weight excluding hydrogens is 202 g/mol. The highest BCUT2D eigenvalue weighted by molar-refractivity contribution is 5.86. The van der Waals surface area contributed by atoms with E-state index in [1.54, 1.807) is 0 Å². The Morgan fingerprint density at radius 2 is 1.81 bits per heavy atom. The van der Waals surface area contributed by atoms with Crippen LogP contribution in [-0.4, -0.2) is 24.6 Å². The molecular formula is C12H23N3O. The smallest absolute Gasteiger partial charge is 0.140 e. The second-order valence-corrected chi connectivity index (χ2v) is 4.81. The van der Waals surface area contributed by atoms with Gasteiger partial charge in [-0.1, -0.05) is 19.3 Å². The number of aliphatic imine (C=N–C) groups is 1. The number of hydrazine groups is 1. The summed E-state index contributed by atoms with van der Waals surface area (Å²) in [5.41, 5.74) is 2.74. The molecule has 16 heavy (non-hydrogen) atoms. The van der Waals surface area contributed by atoms with Crippen molar-refractivity contribution in [2.75, 3.05) is 6.61 Å². The van der Waals surface area contributed by atoms with Crippen LogP contribution in [0.3, 0.4) is 0 Å². The van der Waals surface area contributed by atoms with Crippen LogP contribution in [0.5, 0.6) is 0 Å².